The fourth-order valence-electron chi connectivity index (χ4n) is 3.63. The van der Waals surface area contributed by atoms with Gasteiger partial charge < -0.3 is 31.3 Å². The van der Waals surface area contributed by atoms with Gasteiger partial charge in [0.2, 0.25) is 5.91 Å². The molecule has 7 N–H and O–H groups in total. The highest BCUT2D eigenvalue weighted by atomic mass is 35.5. The van der Waals surface area contributed by atoms with Crippen molar-refractivity contribution < 1.29 is 34.5 Å². The smallest absolute Gasteiger partial charge is 0.328 e. The molecule has 0 bridgehead atoms. The van der Waals surface area contributed by atoms with Gasteiger partial charge in [-0.2, -0.15) is 0 Å². The molecule has 0 fully saturated rings. The van der Waals surface area contributed by atoms with E-state index >= 15 is 0 Å². The molecule has 3 rings (SSSR count). The number of carbonyl (C=O) groups excluding carboxylic acids is 3. The van der Waals surface area contributed by atoms with E-state index in [-0.39, 0.29) is 28.4 Å². The predicted molar refractivity (Wildman–Crippen MR) is 147 cm³/mol. The van der Waals surface area contributed by atoms with Gasteiger partial charge in [-0.3, -0.25) is 19.7 Å². The summed E-state index contributed by atoms with van der Waals surface area (Å²) in [5.41, 5.74) is 1.67. The van der Waals surface area contributed by atoms with Gasteiger partial charge in [0.25, 0.3) is 11.8 Å². The Morgan fingerprint density at radius 1 is 0.800 bits per heavy atom. The SMILES string of the molecule is O=C(NCc1cccc(O)c1)c1ccc(C(=O)N[C@@H](CNC(=O)[C@H](CO)NCc2ccccc2)C(=O)O)c(Cl)c1. The molecule has 3 amide bonds. The Hall–Kier alpha value is -4.45. The van der Waals surface area contributed by atoms with Crippen molar-refractivity contribution in [2.45, 2.75) is 25.2 Å². The van der Waals surface area contributed by atoms with Crippen molar-refractivity contribution in [1.29, 1.82) is 0 Å². The van der Waals surface area contributed by atoms with Gasteiger partial charge in [-0.15, -0.1) is 0 Å². The third kappa shape index (κ3) is 8.80. The predicted octanol–water partition coefficient (Wildman–Crippen LogP) is 1.43. The number of aliphatic hydroxyl groups excluding tert-OH is 1. The van der Waals surface area contributed by atoms with E-state index in [1.807, 2.05) is 30.3 Å². The monoisotopic (exact) mass is 568 g/mol. The van der Waals surface area contributed by atoms with Gasteiger partial charge >= 0.3 is 5.97 Å². The van der Waals surface area contributed by atoms with Crippen LogP contribution in [0, 0.1) is 0 Å². The third-order valence-electron chi connectivity index (χ3n) is 5.82. The van der Waals surface area contributed by atoms with Crippen LogP contribution in [0.5, 0.6) is 5.75 Å². The Labute approximate surface area is 235 Å². The van der Waals surface area contributed by atoms with Gasteiger partial charge in [0.1, 0.15) is 17.8 Å². The zero-order valence-electron chi connectivity index (χ0n) is 21.3. The molecular weight excluding hydrogens is 540 g/mol. The van der Waals surface area contributed by atoms with E-state index in [2.05, 4.69) is 21.3 Å². The number of nitrogens with one attached hydrogen (secondary N) is 4. The molecule has 0 saturated heterocycles. The maximum absolute atomic E-state index is 12.8. The molecule has 3 aromatic rings. The van der Waals surface area contributed by atoms with Crippen LogP contribution >= 0.6 is 11.6 Å². The highest BCUT2D eigenvalue weighted by Gasteiger charge is 2.25. The van der Waals surface area contributed by atoms with Gasteiger partial charge in [0.15, 0.2) is 0 Å². The first-order valence-electron chi connectivity index (χ1n) is 12.2. The highest BCUT2D eigenvalue weighted by molar-refractivity contribution is 6.34. The second-order valence-electron chi connectivity index (χ2n) is 8.76. The summed E-state index contributed by atoms with van der Waals surface area (Å²) in [6.45, 7) is -0.512. The van der Waals surface area contributed by atoms with Gasteiger partial charge in [0.05, 0.1) is 17.2 Å². The van der Waals surface area contributed by atoms with Crippen LogP contribution in [0.3, 0.4) is 0 Å². The standard InChI is InChI=1S/C28H29ClN4O7/c29-22-12-19(25(36)31-14-18-7-4-8-20(35)11-18)9-10-21(22)26(37)33-23(28(39)40)15-32-27(38)24(16-34)30-13-17-5-2-1-3-6-17/h1-12,23-24,30,34-35H,13-16H2,(H,31,36)(H,32,38)(H,33,37)(H,39,40)/t23-,24-/m0/s1. The van der Waals surface area contributed by atoms with Crippen molar-refractivity contribution in [1.82, 2.24) is 21.3 Å². The molecule has 2 atom stereocenters. The number of hydrogen-bond donors (Lipinski definition) is 7. The Bertz CT molecular complexity index is 1350. The number of aliphatic carboxylic acids is 1. The maximum atomic E-state index is 12.8. The average molecular weight is 569 g/mol. The van der Waals surface area contributed by atoms with Gasteiger partial charge in [-0.25, -0.2) is 4.79 Å². The number of halogens is 1. The lowest BCUT2D eigenvalue weighted by Crippen LogP contribution is -2.52. The summed E-state index contributed by atoms with van der Waals surface area (Å²) in [4.78, 5) is 49.5. The fraction of sp³-hybridized carbons (Fsp3) is 0.214. The molecule has 0 heterocycles. The molecule has 0 saturated carbocycles. The fourth-order valence-corrected chi connectivity index (χ4v) is 3.90. The van der Waals surface area contributed by atoms with Crippen molar-refractivity contribution in [3.63, 3.8) is 0 Å². The van der Waals surface area contributed by atoms with E-state index in [1.54, 1.807) is 12.1 Å². The van der Waals surface area contributed by atoms with E-state index in [9.17, 15) is 34.5 Å². The van der Waals surface area contributed by atoms with Crippen molar-refractivity contribution in [2.24, 2.45) is 0 Å². The second kappa shape index (κ2) is 14.6. The lowest BCUT2D eigenvalue weighted by molar-refractivity contribution is -0.139. The van der Waals surface area contributed by atoms with Crippen LogP contribution in [-0.4, -0.2) is 64.2 Å². The zero-order chi connectivity index (χ0) is 29.1. The number of hydrogen-bond acceptors (Lipinski definition) is 7. The number of carbonyl (C=O) groups is 4. The molecule has 0 aliphatic rings. The van der Waals surface area contributed by atoms with Crippen molar-refractivity contribution >= 4 is 35.3 Å². The molecule has 0 radical (unpaired) electrons. The average Bonchev–Trinajstić information content (AvgIpc) is 2.94. The number of phenolic OH excluding ortho intramolecular Hbond substituents is 1. The maximum Gasteiger partial charge on any atom is 0.328 e. The van der Waals surface area contributed by atoms with Crippen LogP contribution in [0.15, 0.2) is 72.8 Å². The summed E-state index contributed by atoms with van der Waals surface area (Å²) >= 11 is 6.22. The molecule has 3 aromatic carbocycles. The van der Waals surface area contributed by atoms with E-state index in [1.165, 1.54) is 30.3 Å². The van der Waals surface area contributed by atoms with Crippen LogP contribution in [0.1, 0.15) is 31.8 Å². The van der Waals surface area contributed by atoms with Crippen LogP contribution in [0.4, 0.5) is 0 Å². The second-order valence-corrected chi connectivity index (χ2v) is 9.17. The molecule has 12 heteroatoms. The highest BCUT2D eigenvalue weighted by Crippen LogP contribution is 2.19. The largest absolute Gasteiger partial charge is 0.508 e. The first-order chi connectivity index (χ1) is 19.2. The van der Waals surface area contributed by atoms with Crippen LogP contribution < -0.4 is 21.3 Å². The van der Waals surface area contributed by atoms with Crippen LogP contribution in [-0.2, 0) is 22.7 Å². The van der Waals surface area contributed by atoms with E-state index in [4.69, 9.17) is 11.6 Å². The molecule has 11 nitrogen and oxygen atoms in total. The minimum Gasteiger partial charge on any atom is -0.508 e. The van der Waals surface area contributed by atoms with Crippen molar-refractivity contribution in [2.75, 3.05) is 13.2 Å². The lowest BCUT2D eigenvalue weighted by Gasteiger charge is -2.19. The Morgan fingerprint density at radius 2 is 1.52 bits per heavy atom. The van der Waals surface area contributed by atoms with Gasteiger partial charge in [-0.1, -0.05) is 54.1 Å². The minimum absolute atomic E-state index is 0.0670. The van der Waals surface area contributed by atoms with E-state index in [0.717, 1.165) is 5.56 Å². The number of carboxylic acid groups (broad SMARTS) is 1. The van der Waals surface area contributed by atoms with Crippen molar-refractivity contribution in [3.8, 4) is 5.75 Å². The van der Waals surface area contributed by atoms with Crippen LogP contribution in [0.2, 0.25) is 5.02 Å². The molecule has 40 heavy (non-hydrogen) atoms. The number of benzene rings is 3. The normalized spacial score (nSPS) is 12.2. The number of carboxylic acids is 1. The summed E-state index contributed by atoms with van der Waals surface area (Å²) in [6, 6.07) is 17.0. The third-order valence-corrected chi connectivity index (χ3v) is 6.13. The van der Waals surface area contributed by atoms with Crippen LogP contribution in [0.25, 0.3) is 0 Å². The number of aromatic hydroxyl groups is 1. The van der Waals surface area contributed by atoms with E-state index in [0.29, 0.717) is 12.1 Å². The Kier molecular flexibility index (Phi) is 11.0. The molecular formula is C28H29ClN4O7. The quantitative estimate of drug-likeness (QED) is 0.162. The van der Waals surface area contributed by atoms with Gasteiger partial charge in [-0.05, 0) is 41.5 Å². The zero-order valence-corrected chi connectivity index (χ0v) is 22.0. The summed E-state index contributed by atoms with van der Waals surface area (Å²) in [6.07, 6.45) is 0. The number of phenols is 1. The molecule has 0 aromatic heterocycles. The molecule has 0 aliphatic carbocycles. The first-order valence-corrected chi connectivity index (χ1v) is 12.6. The summed E-state index contributed by atoms with van der Waals surface area (Å²) in [5.74, 6) is -3.26. The minimum atomic E-state index is -1.49. The van der Waals surface area contributed by atoms with Crippen molar-refractivity contribution in [3.05, 3.63) is 100 Å². The molecule has 0 spiro atoms. The number of rotatable bonds is 13. The van der Waals surface area contributed by atoms with E-state index < -0.39 is 48.9 Å². The topological polar surface area (TPSA) is 177 Å². The number of aliphatic hydroxyl groups is 1. The summed E-state index contributed by atoms with van der Waals surface area (Å²) in [5, 5.41) is 38.9. The Balaban J connectivity index is 1.55. The summed E-state index contributed by atoms with van der Waals surface area (Å²) < 4.78 is 0. The molecule has 0 unspecified atom stereocenters. The lowest BCUT2D eigenvalue weighted by atomic mass is 10.1. The molecule has 210 valence electrons. The summed E-state index contributed by atoms with van der Waals surface area (Å²) in [7, 11) is 0. The number of amides is 3. The van der Waals surface area contributed by atoms with Gasteiger partial charge in [0, 0.05) is 25.2 Å². The molecule has 0 aliphatic heterocycles. The Morgan fingerprint density at radius 3 is 2.17 bits per heavy atom. The first kappa shape index (κ1) is 30.1.